The molecule has 3 nitrogen and oxygen atoms in total. The first-order valence-corrected chi connectivity index (χ1v) is 19.8. The highest BCUT2D eigenvalue weighted by Gasteiger charge is 2.70. The average molecular weight is 670 g/mol. The number of fused-ring (bicyclic) bond motifs is 7. The summed E-state index contributed by atoms with van der Waals surface area (Å²) in [5, 5.41) is 0. The normalized spacial score (nSPS) is 44.0. The second kappa shape index (κ2) is 12.2. The first kappa shape index (κ1) is 35.2. The summed E-state index contributed by atoms with van der Waals surface area (Å²) in [5.74, 6) is 2.92. The third-order valence-electron chi connectivity index (χ3n) is 16.9. The molecule has 2 N–H and O–H groups in total. The highest BCUT2D eigenvalue weighted by molar-refractivity contribution is 5.77. The van der Waals surface area contributed by atoms with E-state index in [0.717, 1.165) is 18.4 Å². The number of ether oxygens (including phenoxy) is 1. The van der Waals surface area contributed by atoms with Gasteiger partial charge in [-0.25, -0.2) is 0 Å². The number of halogens is 1. The van der Waals surface area contributed by atoms with Crippen molar-refractivity contribution in [2.75, 3.05) is 6.67 Å². The highest BCUT2D eigenvalue weighted by atomic mass is 19.1. The molecule has 0 radical (unpaired) electrons. The molecule has 49 heavy (non-hydrogen) atoms. The molecule has 6 aliphatic carbocycles. The number of rotatable bonds is 7. The van der Waals surface area contributed by atoms with Crippen molar-refractivity contribution in [3.05, 3.63) is 71.3 Å². The number of nitrogens with two attached hydrogens (primary N) is 1. The summed E-state index contributed by atoms with van der Waals surface area (Å²) in [5.41, 5.74) is 12.7. The van der Waals surface area contributed by atoms with Gasteiger partial charge >= 0.3 is 5.97 Å². The molecule has 4 heteroatoms. The molecule has 4 fully saturated rings. The van der Waals surface area contributed by atoms with E-state index < -0.39 is 12.1 Å². The summed E-state index contributed by atoms with van der Waals surface area (Å²) in [4.78, 5) is 13.5. The molecule has 268 valence electrons. The minimum absolute atomic E-state index is 0.00327. The SMILES string of the molecule is C=C(C)[C@@H]1CC[C@]2(N)CC[C@]3(C)[C@H](CC[C@@H]4[C@@]5(C)CC=C(C6=CC[C@@](CCF)(C(=O)OCc7ccccc7)CC6)C(C)(C)[C@@H]5CC[C@]43C)[C@@H]12. The van der Waals surface area contributed by atoms with E-state index in [0.29, 0.717) is 53.3 Å². The van der Waals surface area contributed by atoms with E-state index in [-0.39, 0.29) is 35.4 Å². The van der Waals surface area contributed by atoms with E-state index in [9.17, 15) is 9.18 Å². The van der Waals surface area contributed by atoms with Crippen molar-refractivity contribution in [2.24, 2.45) is 62.4 Å². The maximum absolute atomic E-state index is 13.9. The molecule has 0 unspecified atom stereocenters. The Morgan fingerprint density at radius 3 is 2.33 bits per heavy atom. The van der Waals surface area contributed by atoms with Crippen LogP contribution in [0.15, 0.2) is 65.8 Å². The van der Waals surface area contributed by atoms with Crippen LogP contribution in [0, 0.1) is 56.7 Å². The molecule has 0 spiro atoms. The van der Waals surface area contributed by atoms with E-state index in [1.165, 1.54) is 68.1 Å². The number of benzene rings is 1. The lowest BCUT2D eigenvalue weighted by molar-refractivity contribution is -0.219. The zero-order chi connectivity index (χ0) is 35.0. The number of carbonyl (C=O) groups excluding carboxylic acids is 1. The Hall–Kier alpha value is -2.20. The molecule has 0 amide bonds. The summed E-state index contributed by atoms with van der Waals surface area (Å²) < 4.78 is 19.8. The molecule has 0 saturated heterocycles. The molecule has 4 saturated carbocycles. The third kappa shape index (κ3) is 5.22. The van der Waals surface area contributed by atoms with Gasteiger partial charge in [0.1, 0.15) is 6.61 Å². The molecule has 1 aromatic rings. The molecule has 7 rings (SSSR count). The van der Waals surface area contributed by atoms with Gasteiger partial charge in [-0.3, -0.25) is 9.18 Å². The van der Waals surface area contributed by atoms with Gasteiger partial charge in [0.25, 0.3) is 0 Å². The van der Waals surface area contributed by atoms with Gasteiger partial charge in [-0.05, 0) is 158 Å². The largest absolute Gasteiger partial charge is 0.460 e. The van der Waals surface area contributed by atoms with Crippen LogP contribution < -0.4 is 5.73 Å². The van der Waals surface area contributed by atoms with E-state index in [1.54, 1.807) is 0 Å². The number of allylic oxidation sites excluding steroid dienone is 5. The summed E-state index contributed by atoms with van der Waals surface area (Å²) in [6.07, 6.45) is 18.3. The summed E-state index contributed by atoms with van der Waals surface area (Å²) in [7, 11) is 0. The number of alkyl halides is 1. The van der Waals surface area contributed by atoms with Gasteiger partial charge in [0.05, 0.1) is 12.1 Å². The van der Waals surface area contributed by atoms with Crippen LogP contribution in [0.2, 0.25) is 0 Å². The predicted molar refractivity (Wildman–Crippen MR) is 198 cm³/mol. The van der Waals surface area contributed by atoms with Gasteiger partial charge in [-0.15, -0.1) is 0 Å². The Morgan fingerprint density at radius 2 is 1.65 bits per heavy atom. The van der Waals surface area contributed by atoms with Crippen LogP contribution in [-0.2, 0) is 16.1 Å². The molecular weight excluding hydrogens is 605 g/mol. The van der Waals surface area contributed by atoms with Crippen molar-refractivity contribution in [2.45, 2.75) is 137 Å². The Morgan fingerprint density at radius 1 is 0.898 bits per heavy atom. The van der Waals surface area contributed by atoms with Crippen LogP contribution in [-0.4, -0.2) is 18.2 Å². The molecule has 6 aliphatic rings. The number of esters is 1. The van der Waals surface area contributed by atoms with E-state index in [4.69, 9.17) is 10.5 Å². The minimum Gasteiger partial charge on any atom is -0.460 e. The molecule has 10 atom stereocenters. The van der Waals surface area contributed by atoms with Crippen LogP contribution in [0.3, 0.4) is 0 Å². The molecule has 0 aromatic heterocycles. The highest BCUT2D eigenvalue weighted by Crippen LogP contribution is 2.76. The Kier molecular flexibility index (Phi) is 8.77. The third-order valence-corrected chi connectivity index (χ3v) is 16.9. The first-order valence-electron chi connectivity index (χ1n) is 19.8. The zero-order valence-electron chi connectivity index (χ0n) is 31.5. The number of carbonyl (C=O) groups is 1. The van der Waals surface area contributed by atoms with Crippen LogP contribution in [0.1, 0.15) is 131 Å². The Labute approximate surface area is 296 Å². The second-order valence-electron chi connectivity index (χ2n) is 19.2. The Bertz CT molecular complexity index is 1530. The fourth-order valence-electron chi connectivity index (χ4n) is 14.1. The topological polar surface area (TPSA) is 52.3 Å². The van der Waals surface area contributed by atoms with Crippen molar-refractivity contribution in [3.63, 3.8) is 0 Å². The van der Waals surface area contributed by atoms with Crippen molar-refractivity contribution in [1.29, 1.82) is 0 Å². The van der Waals surface area contributed by atoms with Crippen LogP contribution >= 0.6 is 0 Å². The minimum atomic E-state index is -0.773. The fourth-order valence-corrected chi connectivity index (χ4v) is 14.1. The van der Waals surface area contributed by atoms with Gasteiger partial charge < -0.3 is 10.5 Å². The second-order valence-corrected chi connectivity index (χ2v) is 19.2. The van der Waals surface area contributed by atoms with Crippen molar-refractivity contribution >= 4 is 5.97 Å². The van der Waals surface area contributed by atoms with E-state index >= 15 is 0 Å². The van der Waals surface area contributed by atoms with Gasteiger partial charge in [0.2, 0.25) is 0 Å². The number of hydrogen-bond donors (Lipinski definition) is 1. The van der Waals surface area contributed by atoms with Gasteiger partial charge in [-0.2, -0.15) is 0 Å². The lowest BCUT2D eigenvalue weighted by Gasteiger charge is -2.72. The van der Waals surface area contributed by atoms with Gasteiger partial charge in [0.15, 0.2) is 0 Å². The molecular formula is C45H64FNO2. The Balaban J connectivity index is 1.13. The van der Waals surface area contributed by atoms with Crippen LogP contribution in [0.4, 0.5) is 4.39 Å². The number of hydrogen-bond acceptors (Lipinski definition) is 3. The van der Waals surface area contributed by atoms with Gasteiger partial charge in [-0.1, -0.05) is 89.3 Å². The van der Waals surface area contributed by atoms with Crippen LogP contribution in [0.5, 0.6) is 0 Å². The van der Waals surface area contributed by atoms with E-state index in [2.05, 4.69) is 60.3 Å². The molecule has 0 bridgehead atoms. The smallest absolute Gasteiger partial charge is 0.312 e. The van der Waals surface area contributed by atoms with Gasteiger partial charge in [0, 0.05) is 5.54 Å². The predicted octanol–water partition coefficient (Wildman–Crippen LogP) is 11.1. The quantitative estimate of drug-likeness (QED) is 0.232. The van der Waals surface area contributed by atoms with Crippen LogP contribution in [0.25, 0.3) is 0 Å². The standard InChI is InChI=1S/C45H64FNO2/c1-30(2)33-17-24-45(47)26-25-42(6)35(38(33)45)13-14-37-41(5)20-18-34(40(3,4)36(41)19-21-43(37,42)7)32-15-22-44(23-16-32,27-28-46)39(48)49-29-31-11-9-8-10-12-31/h8-12,15,18,33,35-38H,1,13-14,16-17,19-29,47H2,2-7H3/t33-,35+,36-,37+,38+,41-,42+,43+,44+,45-/m0/s1. The summed E-state index contributed by atoms with van der Waals surface area (Å²) in [6, 6.07) is 9.79. The zero-order valence-corrected chi connectivity index (χ0v) is 31.5. The maximum atomic E-state index is 13.9. The molecule has 1 aromatic carbocycles. The lowest BCUT2D eigenvalue weighted by atomic mass is 9.33. The summed E-state index contributed by atoms with van der Waals surface area (Å²) >= 11 is 0. The average Bonchev–Trinajstić information content (AvgIpc) is 3.43. The van der Waals surface area contributed by atoms with Crippen molar-refractivity contribution < 1.29 is 13.9 Å². The van der Waals surface area contributed by atoms with Crippen molar-refractivity contribution in [1.82, 2.24) is 0 Å². The molecule has 0 aliphatic heterocycles. The molecule has 0 heterocycles. The maximum Gasteiger partial charge on any atom is 0.312 e. The van der Waals surface area contributed by atoms with E-state index in [1.807, 2.05) is 30.3 Å². The monoisotopic (exact) mass is 669 g/mol. The fraction of sp³-hybridized carbons (Fsp3) is 0.711. The lowest BCUT2D eigenvalue weighted by Crippen LogP contribution is -2.67. The summed E-state index contributed by atoms with van der Waals surface area (Å²) in [6.45, 7) is 19.6. The first-order chi connectivity index (χ1) is 23.2. The van der Waals surface area contributed by atoms with Crippen molar-refractivity contribution in [3.8, 4) is 0 Å².